The van der Waals surface area contributed by atoms with Crippen LogP contribution in [0.25, 0.3) is 0 Å². The lowest BCUT2D eigenvalue weighted by atomic mass is 10.0. The van der Waals surface area contributed by atoms with E-state index in [2.05, 4.69) is 58.0 Å². The van der Waals surface area contributed by atoms with E-state index in [4.69, 9.17) is 10.5 Å². The molecule has 0 radical (unpaired) electrons. The second-order valence-corrected chi connectivity index (χ2v) is 5.91. The minimum Gasteiger partial charge on any atom is -0.457 e. The van der Waals surface area contributed by atoms with Gasteiger partial charge in [-0.3, -0.25) is 0 Å². The number of nitrogens with two attached hydrogens (primary N) is 1. The Morgan fingerprint density at radius 3 is 2.24 bits per heavy atom. The van der Waals surface area contributed by atoms with Gasteiger partial charge < -0.3 is 10.5 Å². The molecule has 0 aliphatic carbocycles. The van der Waals surface area contributed by atoms with Gasteiger partial charge in [-0.2, -0.15) is 0 Å². The summed E-state index contributed by atoms with van der Waals surface area (Å²) in [6.45, 7) is 8.39. The molecule has 0 heterocycles. The molecule has 2 nitrogen and oxygen atoms in total. The van der Waals surface area contributed by atoms with Crippen LogP contribution < -0.4 is 10.5 Å². The van der Waals surface area contributed by atoms with Gasteiger partial charge in [-0.05, 0) is 68.5 Å². The van der Waals surface area contributed by atoms with E-state index >= 15 is 0 Å². The van der Waals surface area contributed by atoms with Crippen LogP contribution in [0.3, 0.4) is 0 Å². The minimum atomic E-state index is 0.174. The van der Waals surface area contributed by atoms with Crippen LogP contribution >= 0.6 is 0 Å². The highest BCUT2D eigenvalue weighted by Gasteiger charge is 2.10. The maximum Gasteiger partial charge on any atom is 0.130 e. The van der Waals surface area contributed by atoms with Crippen molar-refractivity contribution in [3.8, 4) is 11.5 Å². The second-order valence-electron chi connectivity index (χ2n) is 5.91. The van der Waals surface area contributed by atoms with Crippen molar-refractivity contribution in [1.82, 2.24) is 0 Å². The Morgan fingerprint density at radius 2 is 1.62 bits per heavy atom. The quantitative estimate of drug-likeness (QED) is 0.864. The number of hydrogen-bond donors (Lipinski definition) is 1. The van der Waals surface area contributed by atoms with Crippen molar-refractivity contribution >= 4 is 0 Å². The molecule has 0 amide bonds. The van der Waals surface area contributed by atoms with Crippen LogP contribution in [-0.4, -0.2) is 6.04 Å². The van der Waals surface area contributed by atoms with Gasteiger partial charge in [0, 0.05) is 6.04 Å². The highest BCUT2D eigenvalue weighted by atomic mass is 16.5. The van der Waals surface area contributed by atoms with Crippen molar-refractivity contribution in [2.45, 2.75) is 46.6 Å². The number of ether oxygens (including phenoxy) is 1. The maximum atomic E-state index is 6.12. The van der Waals surface area contributed by atoms with Crippen LogP contribution in [0.2, 0.25) is 0 Å². The molecule has 0 aliphatic rings. The van der Waals surface area contributed by atoms with Crippen molar-refractivity contribution in [2.24, 2.45) is 5.73 Å². The Balaban J connectivity index is 2.30. The standard InChI is InChI=1S/C19H25NO/c1-5-17(20)12-16-9-13(2)6-7-19(16)21-18-10-14(3)8-15(4)11-18/h6-11,17H,5,12,20H2,1-4H3. The van der Waals surface area contributed by atoms with Gasteiger partial charge in [0.15, 0.2) is 0 Å². The summed E-state index contributed by atoms with van der Waals surface area (Å²) in [5.41, 5.74) is 11.0. The van der Waals surface area contributed by atoms with E-state index in [0.717, 1.165) is 24.3 Å². The van der Waals surface area contributed by atoms with E-state index in [1.165, 1.54) is 22.3 Å². The van der Waals surface area contributed by atoms with E-state index in [1.807, 2.05) is 6.07 Å². The average Bonchev–Trinajstić information content (AvgIpc) is 2.40. The summed E-state index contributed by atoms with van der Waals surface area (Å²) < 4.78 is 6.12. The van der Waals surface area contributed by atoms with Crippen molar-refractivity contribution in [1.29, 1.82) is 0 Å². The highest BCUT2D eigenvalue weighted by Crippen LogP contribution is 2.28. The SMILES string of the molecule is CCC(N)Cc1cc(C)ccc1Oc1cc(C)cc(C)c1. The first-order valence-corrected chi connectivity index (χ1v) is 7.59. The third-order valence-electron chi connectivity index (χ3n) is 3.65. The second kappa shape index (κ2) is 6.77. The van der Waals surface area contributed by atoms with E-state index in [9.17, 15) is 0 Å². The molecule has 0 aromatic heterocycles. The Labute approximate surface area is 127 Å². The summed E-state index contributed by atoms with van der Waals surface area (Å²) in [7, 11) is 0. The van der Waals surface area contributed by atoms with Gasteiger partial charge in [0.25, 0.3) is 0 Å². The minimum absolute atomic E-state index is 0.174. The zero-order valence-corrected chi connectivity index (χ0v) is 13.4. The topological polar surface area (TPSA) is 35.2 Å². The molecule has 0 saturated heterocycles. The van der Waals surface area contributed by atoms with Gasteiger partial charge in [0.2, 0.25) is 0 Å². The van der Waals surface area contributed by atoms with Gasteiger partial charge in [0.1, 0.15) is 11.5 Å². The Bertz CT molecular complexity index is 599. The molecule has 1 atom stereocenters. The molecule has 2 aromatic carbocycles. The predicted octanol–water partition coefficient (Wildman–Crippen LogP) is 4.68. The Hall–Kier alpha value is -1.80. The lowest BCUT2D eigenvalue weighted by molar-refractivity contribution is 0.471. The monoisotopic (exact) mass is 283 g/mol. The number of hydrogen-bond acceptors (Lipinski definition) is 2. The molecule has 0 saturated carbocycles. The molecule has 0 fully saturated rings. The van der Waals surface area contributed by atoms with E-state index in [0.29, 0.717) is 0 Å². The molecule has 0 aliphatic heterocycles. The van der Waals surface area contributed by atoms with E-state index < -0.39 is 0 Å². The molecule has 2 heteroatoms. The summed E-state index contributed by atoms with van der Waals surface area (Å²) in [6.07, 6.45) is 1.81. The number of aryl methyl sites for hydroxylation is 3. The van der Waals surface area contributed by atoms with E-state index in [-0.39, 0.29) is 6.04 Å². The zero-order chi connectivity index (χ0) is 15.4. The van der Waals surface area contributed by atoms with Gasteiger partial charge in [-0.15, -0.1) is 0 Å². The molecule has 112 valence electrons. The van der Waals surface area contributed by atoms with Crippen molar-refractivity contribution < 1.29 is 4.74 Å². The largest absolute Gasteiger partial charge is 0.457 e. The molecule has 0 spiro atoms. The molecule has 1 unspecified atom stereocenters. The van der Waals surface area contributed by atoms with Crippen molar-refractivity contribution in [3.05, 3.63) is 58.7 Å². The van der Waals surface area contributed by atoms with Gasteiger partial charge in [0.05, 0.1) is 0 Å². The fourth-order valence-electron chi connectivity index (χ4n) is 2.51. The summed E-state index contributed by atoms with van der Waals surface area (Å²) in [5.74, 6) is 1.80. The maximum absolute atomic E-state index is 6.12. The lowest BCUT2D eigenvalue weighted by Gasteiger charge is -2.15. The van der Waals surface area contributed by atoms with E-state index in [1.54, 1.807) is 0 Å². The molecule has 2 rings (SSSR count). The average molecular weight is 283 g/mol. The van der Waals surface area contributed by atoms with Gasteiger partial charge >= 0.3 is 0 Å². The van der Waals surface area contributed by atoms with Crippen LogP contribution in [0.5, 0.6) is 11.5 Å². The highest BCUT2D eigenvalue weighted by molar-refractivity contribution is 5.42. The first kappa shape index (κ1) is 15.6. The van der Waals surface area contributed by atoms with Crippen LogP contribution in [0, 0.1) is 20.8 Å². The molecule has 2 N–H and O–H groups in total. The fraction of sp³-hybridized carbons (Fsp3) is 0.368. The smallest absolute Gasteiger partial charge is 0.130 e. The number of benzene rings is 2. The van der Waals surface area contributed by atoms with Crippen LogP contribution in [0.15, 0.2) is 36.4 Å². The zero-order valence-electron chi connectivity index (χ0n) is 13.4. The molecule has 21 heavy (non-hydrogen) atoms. The fourth-order valence-corrected chi connectivity index (χ4v) is 2.51. The number of rotatable bonds is 5. The predicted molar refractivity (Wildman–Crippen MR) is 89.1 cm³/mol. The summed E-state index contributed by atoms with van der Waals surface area (Å²) in [6, 6.07) is 12.8. The van der Waals surface area contributed by atoms with Crippen molar-refractivity contribution in [2.75, 3.05) is 0 Å². The normalized spacial score (nSPS) is 12.2. The summed E-state index contributed by atoms with van der Waals surface area (Å²) in [5, 5.41) is 0. The third-order valence-corrected chi connectivity index (χ3v) is 3.65. The van der Waals surface area contributed by atoms with Crippen LogP contribution in [0.1, 0.15) is 35.6 Å². The molecule has 2 aromatic rings. The van der Waals surface area contributed by atoms with Gasteiger partial charge in [-0.25, -0.2) is 0 Å². The van der Waals surface area contributed by atoms with Crippen molar-refractivity contribution in [3.63, 3.8) is 0 Å². The molecule has 0 bridgehead atoms. The van der Waals surface area contributed by atoms with Crippen LogP contribution in [0.4, 0.5) is 0 Å². The molecular weight excluding hydrogens is 258 g/mol. The summed E-state index contributed by atoms with van der Waals surface area (Å²) in [4.78, 5) is 0. The first-order valence-electron chi connectivity index (χ1n) is 7.59. The first-order chi connectivity index (χ1) is 9.97. The van der Waals surface area contributed by atoms with Crippen LogP contribution in [-0.2, 0) is 6.42 Å². The third kappa shape index (κ3) is 4.33. The Kier molecular flexibility index (Phi) is 5.03. The molecular formula is C19H25NO. The lowest BCUT2D eigenvalue weighted by Crippen LogP contribution is -2.21. The van der Waals surface area contributed by atoms with Gasteiger partial charge in [-0.1, -0.05) is 30.7 Å². The summed E-state index contributed by atoms with van der Waals surface area (Å²) >= 11 is 0. The Morgan fingerprint density at radius 1 is 0.952 bits per heavy atom.